The maximum absolute atomic E-state index is 14.4. The number of amidine groups is 1. The second kappa shape index (κ2) is 8.02. The summed E-state index contributed by atoms with van der Waals surface area (Å²) in [7, 11) is -2.42. The van der Waals surface area contributed by atoms with E-state index >= 15 is 0 Å². The number of sulfone groups is 1. The van der Waals surface area contributed by atoms with E-state index in [4.69, 9.17) is 10.1 Å². The van der Waals surface area contributed by atoms with Crippen molar-refractivity contribution in [2.24, 2.45) is 0 Å². The van der Waals surface area contributed by atoms with E-state index in [1.54, 1.807) is 18.3 Å². The van der Waals surface area contributed by atoms with Crippen LogP contribution < -0.4 is 15.4 Å². The molecule has 0 saturated carbocycles. The van der Waals surface area contributed by atoms with Crippen LogP contribution >= 0.6 is 0 Å². The van der Waals surface area contributed by atoms with Crippen LogP contribution in [0.2, 0.25) is 0 Å². The third-order valence-electron chi connectivity index (χ3n) is 4.94. The van der Waals surface area contributed by atoms with Gasteiger partial charge in [0.15, 0.2) is 15.7 Å². The Balaban J connectivity index is 1.67. The molecular formula is C19H18F2N6O3S. The molecule has 3 aromatic rings. The molecular weight excluding hydrogens is 430 g/mol. The molecule has 3 aromatic heterocycles. The molecule has 0 spiro atoms. The molecule has 4 rings (SSSR count). The number of nitrogens with zero attached hydrogens (tertiary/aromatic N) is 3. The van der Waals surface area contributed by atoms with E-state index < -0.39 is 45.3 Å². The monoisotopic (exact) mass is 448 g/mol. The first-order valence-corrected chi connectivity index (χ1v) is 10.9. The molecule has 2 atom stereocenters. The van der Waals surface area contributed by atoms with Gasteiger partial charge in [0.25, 0.3) is 0 Å². The maximum Gasteiger partial charge on any atom is 0.218 e. The predicted octanol–water partition coefficient (Wildman–Crippen LogP) is 2.29. The zero-order chi connectivity index (χ0) is 22.2. The van der Waals surface area contributed by atoms with Crippen molar-refractivity contribution in [1.82, 2.24) is 20.3 Å². The fraction of sp³-hybridized carbons (Fsp3) is 0.263. The smallest absolute Gasteiger partial charge is 0.218 e. The molecule has 1 saturated heterocycles. The molecule has 12 heteroatoms. The summed E-state index contributed by atoms with van der Waals surface area (Å²) in [5.74, 6) is -0.994. The number of alkyl halides is 1. The lowest BCUT2D eigenvalue weighted by molar-refractivity contribution is 0.414. The third-order valence-corrected chi connectivity index (χ3v) is 6.97. The summed E-state index contributed by atoms with van der Waals surface area (Å²) in [4.78, 5) is 12.3. The highest BCUT2D eigenvalue weighted by molar-refractivity contribution is 7.92. The fourth-order valence-corrected chi connectivity index (χ4v) is 4.93. The molecule has 0 radical (unpaired) electrons. The van der Waals surface area contributed by atoms with Crippen LogP contribution in [0.5, 0.6) is 5.75 Å². The Hall–Kier alpha value is -3.41. The summed E-state index contributed by atoms with van der Waals surface area (Å²) >= 11 is 0. The van der Waals surface area contributed by atoms with Crippen LogP contribution in [0.25, 0.3) is 10.9 Å². The number of hydrogen-bond acceptors (Lipinski definition) is 8. The van der Waals surface area contributed by atoms with E-state index in [1.165, 1.54) is 25.6 Å². The quantitative estimate of drug-likeness (QED) is 0.507. The zero-order valence-electron chi connectivity index (χ0n) is 16.3. The largest absolute Gasteiger partial charge is 0.495 e. The van der Waals surface area contributed by atoms with Gasteiger partial charge in [-0.05, 0) is 18.2 Å². The van der Waals surface area contributed by atoms with E-state index in [0.29, 0.717) is 22.8 Å². The first-order chi connectivity index (χ1) is 14.8. The highest BCUT2D eigenvalue weighted by Gasteiger charge is 2.39. The minimum Gasteiger partial charge on any atom is -0.495 e. The van der Waals surface area contributed by atoms with Crippen molar-refractivity contribution in [2.45, 2.75) is 11.3 Å². The minimum atomic E-state index is -3.96. The van der Waals surface area contributed by atoms with Gasteiger partial charge in [0.2, 0.25) is 5.95 Å². The number of ether oxygens (including phenoxy) is 1. The van der Waals surface area contributed by atoms with Crippen LogP contribution in [0, 0.1) is 11.4 Å². The van der Waals surface area contributed by atoms with E-state index in [9.17, 15) is 17.2 Å². The van der Waals surface area contributed by atoms with Crippen LogP contribution in [-0.2, 0) is 9.84 Å². The lowest BCUT2D eigenvalue weighted by Crippen LogP contribution is -2.51. The van der Waals surface area contributed by atoms with Gasteiger partial charge in [-0.15, -0.1) is 0 Å². The van der Waals surface area contributed by atoms with Crippen molar-refractivity contribution in [3.63, 3.8) is 0 Å². The van der Waals surface area contributed by atoms with E-state index in [2.05, 4.69) is 25.6 Å². The van der Waals surface area contributed by atoms with Gasteiger partial charge in [-0.2, -0.15) is 4.39 Å². The molecule has 31 heavy (non-hydrogen) atoms. The second-order valence-corrected chi connectivity index (χ2v) is 9.15. The highest BCUT2D eigenvalue weighted by Crippen LogP contribution is 2.29. The Morgan fingerprint density at radius 2 is 2.10 bits per heavy atom. The molecule has 0 aromatic carbocycles. The normalized spacial score (nSPS) is 20.3. The Kier molecular flexibility index (Phi) is 5.39. The number of fused-ring (bicyclic) bond motifs is 1. The fourth-order valence-electron chi connectivity index (χ4n) is 3.35. The van der Waals surface area contributed by atoms with Gasteiger partial charge >= 0.3 is 0 Å². The van der Waals surface area contributed by atoms with Gasteiger partial charge in [-0.3, -0.25) is 5.41 Å². The lowest BCUT2D eigenvalue weighted by Gasteiger charge is -2.30. The van der Waals surface area contributed by atoms with Crippen molar-refractivity contribution >= 4 is 38.1 Å². The SMILES string of the molecule is COc1cnc2c(Nc3cnc(F)c(C4CS(=O)(=O)C(CF)C(=N)N4)c3)nccc2c1. The van der Waals surface area contributed by atoms with Crippen molar-refractivity contribution < 1.29 is 21.9 Å². The minimum absolute atomic E-state index is 0.0644. The Morgan fingerprint density at radius 3 is 2.81 bits per heavy atom. The number of halogens is 2. The molecule has 1 aliphatic heterocycles. The summed E-state index contributed by atoms with van der Waals surface area (Å²) in [6.07, 6.45) is 4.33. The average molecular weight is 448 g/mol. The van der Waals surface area contributed by atoms with Crippen LogP contribution in [0.4, 0.5) is 20.3 Å². The zero-order valence-corrected chi connectivity index (χ0v) is 17.1. The number of aromatic nitrogens is 3. The molecule has 9 nitrogen and oxygen atoms in total. The molecule has 0 aliphatic carbocycles. The summed E-state index contributed by atoms with van der Waals surface area (Å²) in [6, 6.07) is 3.85. The van der Waals surface area contributed by atoms with Crippen molar-refractivity contribution in [3.8, 4) is 5.75 Å². The summed E-state index contributed by atoms with van der Waals surface area (Å²) in [6.45, 7) is -1.21. The number of nitrogens with one attached hydrogen (secondary N) is 3. The van der Waals surface area contributed by atoms with Gasteiger partial charge in [0.1, 0.15) is 29.0 Å². The van der Waals surface area contributed by atoms with E-state index in [0.717, 1.165) is 5.39 Å². The van der Waals surface area contributed by atoms with Gasteiger partial charge in [-0.1, -0.05) is 0 Å². The molecule has 0 bridgehead atoms. The summed E-state index contributed by atoms with van der Waals surface area (Å²) in [5.41, 5.74) is 0.818. The predicted molar refractivity (Wildman–Crippen MR) is 111 cm³/mol. The first kappa shape index (κ1) is 20.8. The lowest BCUT2D eigenvalue weighted by atomic mass is 10.1. The number of rotatable bonds is 5. The Labute approximate surface area is 176 Å². The standard InChI is InChI=1S/C19H18F2N6O3S/c1-30-12-4-10-2-3-23-19(16(10)24-8-12)26-11-5-13(17(21)25-7-11)14-9-31(28,29)15(6-20)18(22)27-14/h2-5,7-8,14-15H,6,9H2,1H3,(H2,22,27)(H,23,26). The summed E-state index contributed by atoms with van der Waals surface area (Å²) in [5, 5.41) is 12.6. The molecule has 0 amide bonds. The Bertz CT molecular complexity index is 1270. The van der Waals surface area contributed by atoms with Crippen molar-refractivity contribution in [1.29, 1.82) is 5.41 Å². The summed E-state index contributed by atoms with van der Waals surface area (Å²) < 4.78 is 57.2. The third kappa shape index (κ3) is 3.98. The van der Waals surface area contributed by atoms with E-state index in [-0.39, 0.29) is 5.56 Å². The molecule has 1 aliphatic rings. The van der Waals surface area contributed by atoms with Gasteiger partial charge in [-0.25, -0.2) is 27.8 Å². The van der Waals surface area contributed by atoms with Crippen LogP contribution in [0.1, 0.15) is 11.6 Å². The van der Waals surface area contributed by atoms with Gasteiger partial charge in [0, 0.05) is 17.1 Å². The topological polar surface area (TPSA) is 130 Å². The molecule has 2 unspecified atom stereocenters. The van der Waals surface area contributed by atoms with E-state index in [1.807, 2.05) is 0 Å². The number of methoxy groups -OCH3 is 1. The second-order valence-electron chi connectivity index (χ2n) is 6.92. The van der Waals surface area contributed by atoms with Crippen LogP contribution in [0.15, 0.2) is 36.8 Å². The average Bonchev–Trinajstić information content (AvgIpc) is 2.74. The number of anilines is 2. The Morgan fingerprint density at radius 1 is 1.29 bits per heavy atom. The van der Waals surface area contributed by atoms with Crippen molar-refractivity contribution in [3.05, 3.63) is 48.3 Å². The molecule has 1 fully saturated rings. The maximum atomic E-state index is 14.4. The number of hydrogen-bond donors (Lipinski definition) is 3. The van der Waals surface area contributed by atoms with Crippen LogP contribution in [0.3, 0.4) is 0 Å². The van der Waals surface area contributed by atoms with Gasteiger partial charge in [0.05, 0.1) is 37.0 Å². The van der Waals surface area contributed by atoms with Crippen molar-refractivity contribution in [2.75, 3.05) is 24.9 Å². The molecule has 4 heterocycles. The van der Waals surface area contributed by atoms with Gasteiger partial charge < -0.3 is 15.4 Å². The van der Waals surface area contributed by atoms with Crippen LogP contribution in [-0.4, -0.2) is 54.0 Å². The molecule has 3 N–H and O–H groups in total. The highest BCUT2D eigenvalue weighted by atomic mass is 32.2. The first-order valence-electron chi connectivity index (χ1n) is 9.16. The molecule has 162 valence electrons. The number of pyridine rings is 3.